The molecule has 4 nitrogen and oxygen atoms in total. The first kappa shape index (κ1) is 18.6. The largest absolute Gasteiger partial charge is 0.368 e. The number of nitrogen functional groups attached to an aromatic ring is 1. The summed E-state index contributed by atoms with van der Waals surface area (Å²) >= 11 is 0. The highest BCUT2D eigenvalue weighted by Crippen LogP contribution is 2.33. The Bertz CT molecular complexity index is 929. The minimum Gasteiger partial charge on any atom is -0.368 e. The van der Waals surface area contributed by atoms with Crippen molar-refractivity contribution in [2.75, 3.05) is 25.4 Å². The molecule has 5 heteroatoms. The zero-order valence-corrected chi connectivity index (χ0v) is 15.9. The molecule has 2 heterocycles. The van der Waals surface area contributed by atoms with Gasteiger partial charge in [-0.2, -0.15) is 0 Å². The molecule has 1 fully saturated rings. The van der Waals surface area contributed by atoms with Gasteiger partial charge in [-0.3, -0.25) is 0 Å². The number of nitrogens with zero attached hydrogens (tertiary/aromatic N) is 3. The van der Waals surface area contributed by atoms with Gasteiger partial charge in [-0.05, 0) is 49.1 Å². The number of piperidine rings is 1. The van der Waals surface area contributed by atoms with Crippen LogP contribution < -0.4 is 5.73 Å². The highest BCUT2D eigenvalue weighted by atomic mass is 19.1. The van der Waals surface area contributed by atoms with Crippen LogP contribution in [-0.2, 0) is 6.42 Å². The normalized spacial score (nSPS) is 17.5. The molecule has 28 heavy (non-hydrogen) atoms. The van der Waals surface area contributed by atoms with Crippen molar-refractivity contribution in [1.29, 1.82) is 0 Å². The van der Waals surface area contributed by atoms with Gasteiger partial charge in [0.1, 0.15) is 5.82 Å². The standard InChI is InChI=1S/C23H25FN4/c24-20-10-4-8-18(14-20)21-15-26-23(25)27-22(21)19-9-5-12-28(16-19)13-11-17-6-2-1-3-7-17/h1-4,6-8,10,14-15,19H,5,9,11-13,16H2,(H2,25,26,27). The molecule has 4 rings (SSSR count). The Morgan fingerprint density at radius 1 is 1.11 bits per heavy atom. The van der Waals surface area contributed by atoms with E-state index in [2.05, 4.69) is 39.1 Å². The lowest BCUT2D eigenvalue weighted by Gasteiger charge is -2.33. The van der Waals surface area contributed by atoms with Crippen LogP contribution in [0.25, 0.3) is 11.1 Å². The summed E-state index contributed by atoms with van der Waals surface area (Å²) in [6, 6.07) is 17.2. The molecular formula is C23H25FN4. The molecule has 2 aromatic carbocycles. The van der Waals surface area contributed by atoms with E-state index < -0.39 is 0 Å². The first-order valence-corrected chi connectivity index (χ1v) is 9.83. The van der Waals surface area contributed by atoms with E-state index in [1.165, 1.54) is 17.7 Å². The number of hydrogen-bond donors (Lipinski definition) is 1. The van der Waals surface area contributed by atoms with Crippen molar-refractivity contribution in [1.82, 2.24) is 14.9 Å². The van der Waals surface area contributed by atoms with E-state index in [-0.39, 0.29) is 17.7 Å². The monoisotopic (exact) mass is 376 g/mol. The Hall–Kier alpha value is -2.79. The average Bonchev–Trinajstić information content (AvgIpc) is 2.73. The molecule has 0 amide bonds. The predicted octanol–water partition coefficient (Wildman–Crippen LogP) is 4.29. The molecule has 3 aromatic rings. The van der Waals surface area contributed by atoms with E-state index in [1.54, 1.807) is 12.3 Å². The van der Waals surface area contributed by atoms with Crippen LogP contribution in [-0.4, -0.2) is 34.5 Å². The van der Waals surface area contributed by atoms with Crippen LogP contribution in [0.15, 0.2) is 60.8 Å². The Labute approximate surface area is 165 Å². The number of hydrogen-bond acceptors (Lipinski definition) is 4. The molecule has 1 unspecified atom stereocenters. The van der Waals surface area contributed by atoms with Gasteiger partial charge < -0.3 is 10.6 Å². The number of rotatable bonds is 5. The van der Waals surface area contributed by atoms with Crippen molar-refractivity contribution < 1.29 is 4.39 Å². The van der Waals surface area contributed by atoms with Gasteiger partial charge in [0, 0.05) is 30.8 Å². The number of halogens is 1. The fourth-order valence-corrected chi connectivity index (χ4v) is 4.01. The maximum absolute atomic E-state index is 13.8. The number of benzene rings is 2. The lowest BCUT2D eigenvalue weighted by atomic mass is 9.89. The molecule has 0 bridgehead atoms. The van der Waals surface area contributed by atoms with Crippen LogP contribution in [0.1, 0.15) is 30.0 Å². The molecule has 1 aromatic heterocycles. The second-order valence-corrected chi connectivity index (χ2v) is 7.41. The van der Waals surface area contributed by atoms with E-state index >= 15 is 0 Å². The first-order chi connectivity index (χ1) is 13.7. The summed E-state index contributed by atoms with van der Waals surface area (Å²) in [6.45, 7) is 3.06. The summed E-state index contributed by atoms with van der Waals surface area (Å²) in [5.74, 6) is 0.290. The van der Waals surface area contributed by atoms with E-state index in [4.69, 9.17) is 5.73 Å². The lowest BCUT2D eigenvalue weighted by Crippen LogP contribution is -2.36. The van der Waals surface area contributed by atoms with Crippen LogP contribution in [0.3, 0.4) is 0 Å². The van der Waals surface area contributed by atoms with Crippen molar-refractivity contribution in [3.8, 4) is 11.1 Å². The Kier molecular flexibility index (Phi) is 5.63. The fraction of sp³-hybridized carbons (Fsp3) is 0.304. The van der Waals surface area contributed by atoms with Gasteiger partial charge in [0.05, 0.1) is 5.69 Å². The zero-order chi connectivity index (χ0) is 19.3. The van der Waals surface area contributed by atoms with Gasteiger partial charge in [-0.15, -0.1) is 0 Å². The van der Waals surface area contributed by atoms with Crippen LogP contribution in [0.5, 0.6) is 0 Å². The maximum atomic E-state index is 13.8. The van der Waals surface area contributed by atoms with Crippen molar-refractivity contribution in [2.45, 2.75) is 25.2 Å². The van der Waals surface area contributed by atoms with E-state index in [0.29, 0.717) is 0 Å². The highest BCUT2D eigenvalue weighted by molar-refractivity contribution is 5.66. The number of likely N-dealkylation sites (tertiary alicyclic amines) is 1. The third-order valence-electron chi connectivity index (χ3n) is 5.42. The molecule has 1 atom stereocenters. The van der Waals surface area contributed by atoms with Crippen LogP contribution in [0.2, 0.25) is 0 Å². The fourth-order valence-electron chi connectivity index (χ4n) is 4.01. The number of anilines is 1. The summed E-state index contributed by atoms with van der Waals surface area (Å²) in [7, 11) is 0. The summed E-state index contributed by atoms with van der Waals surface area (Å²) in [5.41, 5.74) is 9.87. The third-order valence-corrected chi connectivity index (χ3v) is 5.42. The van der Waals surface area contributed by atoms with Crippen LogP contribution >= 0.6 is 0 Å². The summed E-state index contributed by atoms with van der Waals surface area (Å²) in [4.78, 5) is 11.2. The first-order valence-electron chi connectivity index (χ1n) is 9.83. The Morgan fingerprint density at radius 2 is 1.96 bits per heavy atom. The van der Waals surface area contributed by atoms with Gasteiger partial charge in [-0.25, -0.2) is 14.4 Å². The van der Waals surface area contributed by atoms with Crippen LogP contribution in [0.4, 0.5) is 10.3 Å². The van der Waals surface area contributed by atoms with Gasteiger partial charge in [0.15, 0.2) is 0 Å². The molecule has 0 radical (unpaired) electrons. The molecule has 0 spiro atoms. The number of nitrogens with two attached hydrogens (primary N) is 1. The van der Waals surface area contributed by atoms with E-state index in [9.17, 15) is 4.39 Å². The second-order valence-electron chi connectivity index (χ2n) is 7.41. The minimum atomic E-state index is -0.256. The molecule has 1 aliphatic rings. The third kappa shape index (κ3) is 4.37. The maximum Gasteiger partial charge on any atom is 0.220 e. The molecule has 0 aliphatic carbocycles. The van der Waals surface area contributed by atoms with Crippen molar-refractivity contribution in [2.24, 2.45) is 0 Å². The summed E-state index contributed by atoms with van der Waals surface area (Å²) < 4.78 is 13.8. The average molecular weight is 376 g/mol. The Morgan fingerprint density at radius 3 is 2.79 bits per heavy atom. The van der Waals surface area contributed by atoms with Crippen molar-refractivity contribution >= 4 is 5.95 Å². The van der Waals surface area contributed by atoms with Gasteiger partial charge in [0.25, 0.3) is 0 Å². The van der Waals surface area contributed by atoms with E-state index in [0.717, 1.165) is 55.7 Å². The predicted molar refractivity (Wildman–Crippen MR) is 110 cm³/mol. The smallest absolute Gasteiger partial charge is 0.220 e. The summed E-state index contributed by atoms with van der Waals surface area (Å²) in [5, 5.41) is 0. The van der Waals surface area contributed by atoms with Crippen molar-refractivity contribution in [3.63, 3.8) is 0 Å². The lowest BCUT2D eigenvalue weighted by molar-refractivity contribution is 0.208. The Balaban J connectivity index is 1.54. The molecule has 1 aliphatic heterocycles. The minimum absolute atomic E-state index is 0.256. The molecule has 2 N–H and O–H groups in total. The van der Waals surface area contributed by atoms with Crippen LogP contribution in [0, 0.1) is 5.82 Å². The zero-order valence-electron chi connectivity index (χ0n) is 15.9. The second kappa shape index (κ2) is 8.48. The van der Waals surface area contributed by atoms with E-state index in [1.807, 2.05) is 12.1 Å². The van der Waals surface area contributed by atoms with Gasteiger partial charge >= 0.3 is 0 Å². The molecule has 0 saturated carbocycles. The molecule has 144 valence electrons. The molecular weight excluding hydrogens is 351 g/mol. The SMILES string of the molecule is Nc1ncc(-c2cccc(F)c2)c(C2CCCN(CCc3ccccc3)C2)n1. The van der Waals surface area contributed by atoms with Gasteiger partial charge in [-0.1, -0.05) is 42.5 Å². The van der Waals surface area contributed by atoms with Gasteiger partial charge in [0.2, 0.25) is 5.95 Å². The van der Waals surface area contributed by atoms with Crippen molar-refractivity contribution in [3.05, 3.63) is 77.9 Å². The quantitative estimate of drug-likeness (QED) is 0.722. The molecule has 1 saturated heterocycles. The highest BCUT2D eigenvalue weighted by Gasteiger charge is 2.25. The summed E-state index contributed by atoms with van der Waals surface area (Å²) in [6.07, 6.45) is 4.94. The number of aromatic nitrogens is 2. The topological polar surface area (TPSA) is 55.0 Å².